The van der Waals surface area contributed by atoms with E-state index in [1.165, 1.54) is 11.2 Å². The number of sulfone groups is 1. The first-order valence-corrected chi connectivity index (χ1v) is 10.8. The van der Waals surface area contributed by atoms with Gasteiger partial charge in [0, 0.05) is 43.6 Å². The quantitative estimate of drug-likeness (QED) is 0.478. The molecule has 128 valence electrons. The van der Waals surface area contributed by atoms with E-state index in [0.717, 1.165) is 31.2 Å². The molecule has 1 aliphatic rings. The van der Waals surface area contributed by atoms with Gasteiger partial charge in [0.1, 0.15) is 9.84 Å². The molecule has 1 atom stereocenters. The smallest absolute Gasteiger partial charge is 0.193 e. The van der Waals surface area contributed by atoms with Gasteiger partial charge in [-0.2, -0.15) is 0 Å². The minimum absolute atomic E-state index is 0.132. The van der Waals surface area contributed by atoms with Crippen molar-refractivity contribution in [2.75, 3.05) is 44.4 Å². The Morgan fingerprint density at radius 3 is 2.78 bits per heavy atom. The van der Waals surface area contributed by atoms with Gasteiger partial charge >= 0.3 is 0 Å². The van der Waals surface area contributed by atoms with Crippen LogP contribution in [0.5, 0.6) is 0 Å². The first-order valence-electron chi connectivity index (χ1n) is 7.79. The number of hydrogen-bond acceptors (Lipinski definition) is 4. The molecule has 0 aromatic heterocycles. The summed E-state index contributed by atoms with van der Waals surface area (Å²) in [6, 6.07) is 10.5. The van der Waals surface area contributed by atoms with Crippen LogP contribution in [0.4, 0.5) is 0 Å². The van der Waals surface area contributed by atoms with Crippen LogP contribution in [0.2, 0.25) is 0 Å². The molecule has 1 aromatic carbocycles. The Morgan fingerprint density at radius 1 is 1.39 bits per heavy atom. The second kappa shape index (κ2) is 8.59. The van der Waals surface area contributed by atoms with Gasteiger partial charge in [-0.15, -0.1) is 11.8 Å². The highest BCUT2D eigenvalue weighted by molar-refractivity contribution is 7.99. The second-order valence-corrected chi connectivity index (χ2v) is 9.18. The number of hydrogen-bond donors (Lipinski definition) is 1. The molecule has 0 radical (unpaired) electrons. The Kier molecular flexibility index (Phi) is 6.77. The van der Waals surface area contributed by atoms with E-state index in [-0.39, 0.29) is 5.75 Å². The third kappa shape index (κ3) is 6.43. The van der Waals surface area contributed by atoms with Crippen LogP contribution in [0.1, 0.15) is 6.42 Å². The van der Waals surface area contributed by atoms with Gasteiger partial charge in [0.25, 0.3) is 0 Å². The number of thioether (sulfide) groups is 1. The van der Waals surface area contributed by atoms with Crippen LogP contribution in [0.15, 0.2) is 40.2 Å². The monoisotopic (exact) mass is 355 g/mol. The lowest BCUT2D eigenvalue weighted by molar-refractivity contribution is 0.476. The molecule has 1 saturated heterocycles. The summed E-state index contributed by atoms with van der Waals surface area (Å²) in [7, 11) is -1.20. The number of rotatable bonds is 6. The van der Waals surface area contributed by atoms with Crippen LogP contribution in [0, 0.1) is 5.92 Å². The number of benzene rings is 1. The summed E-state index contributed by atoms with van der Waals surface area (Å²) in [5, 5.41) is 3.15. The maximum Gasteiger partial charge on any atom is 0.193 e. The van der Waals surface area contributed by atoms with E-state index in [1.807, 2.05) is 17.8 Å². The zero-order chi connectivity index (χ0) is 16.7. The molecule has 1 aliphatic heterocycles. The van der Waals surface area contributed by atoms with E-state index in [4.69, 9.17) is 0 Å². The number of guanidine groups is 1. The van der Waals surface area contributed by atoms with Gasteiger partial charge in [0.15, 0.2) is 5.96 Å². The average Bonchev–Trinajstić information content (AvgIpc) is 2.98. The minimum atomic E-state index is -2.94. The zero-order valence-electron chi connectivity index (χ0n) is 13.7. The first kappa shape index (κ1) is 18.1. The number of nitrogens with zero attached hydrogens (tertiary/aromatic N) is 2. The van der Waals surface area contributed by atoms with E-state index in [2.05, 4.69) is 39.5 Å². The van der Waals surface area contributed by atoms with E-state index < -0.39 is 9.84 Å². The van der Waals surface area contributed by atoms with Gasteiger partial charge in [-0.05, 0) is 24.5 Å². The van der Waals surface area contributed by atoms with Crippen LogP contribution in [-0.2, 0) is 9.84 Å². The highest BCUT2D eigenvalue weighted by Gasteiger charge is 2.24. The van der Waals surface area contributed by atoms with Crippen LogP contribution < -0.4 is 5.32 Å². The van der Waals surface area contributed by atoms with Crippen molar-refractivity contribution in [1.29, 1.82) is 0 Å². The van der Waals surface area contributed by atoms with Gasteiger partial charge in [-0.25, -0.2) is 8.42 Å². The Morgan fingerprint density at radius 2 is 2.13 bits per heavy atom. The van der Waals surface area contributed by atoms with Gasteiger partial charge in [0.05, 0.1) is 5.75 Å². The molecule has 1 aromatic rings. The third-order valence-electron chi connectivity index (χ3n) is 3.78. The minimum Gasteiger partial charge on any atom is -0.355 e. The highest BCUT2D eigenvalue weighted by Crippen LogP contribution is 2.25. The van der Waals surface area contributed by atoms with Crippen molar-refractivity contribution in [3.63, 3.8) is 0 Å². The largest absolute Gasteiger partial charge is 0.355 e. The van der Waals surface area contributed by atoms with Crippen molar-refractivity contribution in [2.45, 2.75) is 11.3 Å². The van der Waals surface area contributed by atoms with E-state index >= 15 is 0 Å². The Balaban J connectivity index is 1.76. The molecule has 0 bridgehead atoms. The van der Waals surface area contributed by atoms with Crippen LogP contribution in [0.3, 0.4) is 0 Å². The Hall–Kier alpha value is -1.21. The molecular weight excluding hydrogens is 330 g/mol. The lowest BCUT2D eigenvalue weighted by atomic mass is 10.2. The summed E-state index contributed by atoms with van der Waals surface area (Å²) >= 11 is 1.89. The van der Waals surface area contributed by atoms with Crippen LogP contribution in [0.25, 0.3) is 0 Å². The summed E-state index contributed by atoms with van der Waals surface area (Å²) in [5.74, 6) is 2.67. The molecule has 1 heterocycles. The zero-order valence-corrected chi connectivity index (χ0v) is 15.4. The van der Waals surface area contributed by atoms with Crippen molar-refractivity contribution in [3.05, 3.63) is 30.3 Å². The standard InChI is InChI=1S/C16H25N3O2S2/c1-17-16(18-9-11-23(2,20)21)19-10-8-14(12-19)13-22-15-6-4-3-5-7-15/h3-7,14H,8-13H2,1-2H3,(H,17,18). The predicted molar refractivity (Wildman–Crippen MR) is 97.9 cm³/mol. The highest BCUT2D eigenvalue weighted by atomic mass is 32.2. The normalized spacial score (nSPS) is 19.1. The van der Waals surface area contributed by atoms with Crippen molar-refractivity contribution in [1.82, 2.24) is 10.2 Å². The lowest BCUT2D eigenvalue weighted by Crippen LogP contribution is -2.41. The molecule has 2 rings (SSSR count). The van der Waals surface area contributed by atoms with E-state index in [0.29, 0.717) is 12.5 Å². The molecular formula is C16H25N3O2S2. The van der Waals surface area contributed by atoms with Gasteiger partial charge < -0.3 is 10.2 Å². The fraction of sp³-hybridized carbons (Fsp3) is 0.562. The molecule has 1 N–H and O–H groups in total. The Labute approximate surface area is 143 Å². The number of nitrogens with one attached hydrogen (secondary N) is 1. The molecule has 0 aliphatic carbocycles. The molecule has 1 unspecified atom stereocenters. The maximum absolute atomic E-state index is 11.2. The predicted octanol–water partition coefficient (Wildman–Crippen LogP) is 1.72. The SMILES string of the molecule is CN=C(NCCS(C)(=O)=O)N1CCC(CSc2ccccc2)C1. The fourth-order valence-corrected chi connectivity index (χ4v) is 4.10. The molecule has 5 nitrogen and oxygen atoms in total. The molecule has 0 spiro atoms. The van der Waals surface area contributed by atoms with E-state index in [9.17, 15) is 8.42 Å². The van der Waals surface area contributed by atoms with Crippen LogP contribution >= 0.6 is 11.8 Å². The van der Waals surface area contributed by atoms with Gasteiger partial charge in [-0.3, -0.25) is 4.99 Å². The maximum atomic E-state index is 11.2. The number of aliphatic imine (C=N–C) groups is 1. The fourth-order valence-electron chi connectivity index (χ4n) is 2.57. The van der Waals surface area contributed by atoms with Crippen molar-refractivity contribution in [3.8, 4) is 0 Å². The molecule has 0 amide bonds. The van der Waals surface area contributed by atoms with Gasteiger partial charge in [-0.1, -0.05) is 18.2 Å². The third-order valence-corrected chi connectivity index (χ3v) is 5.97. The molecule has 7 heteroatoms. The van der Waals surface area contributed by atoms with E-state index in [1.54, 1.807) is 7.05 Å². The van der Waals surface area contributed by atoms with Crippen molar-refractivity contribution >= 4 is 27.6 Å². The van der Waals surface area contributed by atoms with Crippen LogP contribution in [-0.4, -0.2) is 63.7 Å². The summed E-state index contributed by atoms with van der Waals surface area (Å²) < 4.78 is 22.4. The summed E-state index contributed by atoms with van der Waals surface area (Å²) in [6.45, 7) is 2.35. The summed E-state index contributed by atoms with van der Waals surface area (Å²) in [4.78, 5) is 7.80. The second-order valence-electron chi connectivity index (χ2n) is 5.83. The lowest BCUT2D eigenvalue weighted by Gasteiger charge is -2.21. The van der Waals surface area contributed by atoms with Crippen molar-refractivity contribution in [2.24, 2.45) is 10.9 Å². The van der Waals surface area contributed by atoms with Gasteiger partial charge in [0.2, 0.25) is 0 Å². The average molecular weight is 356 g/mol. The van der Waals surface area contributed by atoms with Crippen molar-refractivity contribution < 1.29 is 8.42 Å². The number of likely N-dealkylation sites (tertiary alicyclic amines) is 1. The topological polar surface area (TPSA) is 61.8 Å². The Bertz CT molecular complexity index is 617. The summed E-state index contributed by atoms with van der Waals surface area (Å²) in [6.07, 6.45) is 2.40. The molecule has 1 fully saturated rings. The molecule has 0 saturated carbocycles. The first-order chi connectivity index (χ1) is 11.0. The molecule has 23 heavy (non-hydrogen) atoms. The summed E-state index contributed by atoms with van der Waals surface area (Å²) in [5.41, 5.74) is 0.